The second kappa shape index (κ2) is 10.1. The number of H-pyrrole nitrogens is 1. The molecular formula is C28H36N6O. The molecule has 0 aliphatic heterocycles. The predicted octanol–water partition coefficient (Wildman–Crippen LogP) is 5.43. The van der Waals surface area contributed by atoms with Crippen molar-refractivity contribution in [1.29, 1.82) is 0 Å². The van der Waals surface area contributed by atoms with Gasteiger partial charge in [0.2, 0.25) is 0 Å². The van der Waals surface area contributed by atoms with Crippen molar-refractivity contribution in [3.63, 3.8) is 0 Å². The summed E-state index contributed by atoms with van der Waals surface area (Å²) in [4.78, 5) is 18.7. The summed E-state index contributed by atoms with van der Waals surface area (Å²) in [6, 6.07) is 16.6. The van der Waals surface area contributed by atoms with Crippen molar-refractivity contribution >= 4 is 10.9 Å². The van der Waals surface area contributed by atoms with Gasteiger partial charge in [-0.3, -0.25) is 9.69 Å². The van der Waals surface area contributed by atoms with Gasteiger partial charge in [0.1, 0.15) is 0 Å². The smallest absolute Gasteiger partial charge is 0.252 e. The first-order chi connectivity index (χ1) is 16.7. The average Bonchev–Trinajstić information content (AvgIpc) is 3.29. The van der Waals surface area contributed by atoms with Gasteiger partial charge >= 0.3 is 0 Å². The number of hydrogen-bond acceptors (Lipinski definition) is 5. The van der Waals surface area contributed by atoms with E-state index in [1.807, 2.05) is 16.8 Å². The van der Waals surface area contributed by atoms with Crippen LogP contribution in [-0.4, -0.2) is 30.1 Å². The van der Waals surface area contributed by atoms with Gasteiger partial charge in [-0.1, -0.05) is 49.7 Å². The molecule has 0 aliphatic rings. The highest BCUT2D eigenvalue weighted by molar-refractivity contribution is 5.83. The fraction of sp³-hybridized carbons (Fsp3) is 0.429. The third-order valence-electron chi connectivity index (χ3n) is 6.42. The van der Waals surface area contributed by atoms with Crippen molar-refractivity contribution in [3.8, 4) is 0 Å². The van der Waals surface area contributed by atoms with Crippen molar-refractivity contribution < 1.29 is 0 Å². The molecule has 2 heterocycles. The number of aromatic amines is 1. The van der Waals surface area contributed by atoms with Crippen LogP contribution in [0, 0.1) is 13.8 Å². The number of nitrogens with zero attached hydrogens (tertiary/aromatic N) is 5. The molecule has 4 rings (SSSR count). The van der Waals surface area contributed by atoms with Gasteiger partial charge in [0.25, 0.3) is 5.56 Å². The van der Waals surface area contributed by atoms with E-state index in [1.165, 1.54) is 5.56 Å². The van der Waals surface area contributed by atoms with E-state index >= 15 is 0 Å². The first kappa shape index (κ1) is 24.8. The monoisotopic (exact) mass is 472 g/mol. The van der Waals surface area contributed by atoms with Gasteiger partial charge in [0.05, 0.1) is 11.6 Å². The van der Waals surface area contributed by atoms with E-state index < -0.39 is 0 Å². The lowest BCUT2D eigenvalue weighted by Gasteiger charge is -2.33. The van der Waals surface area contributed by atoms with Crippen LogP contribution in [-0.2, 0) is 18.6 Å². The fourth-order valence-corrected chi connectivity index (χ4v) is 4.77. The number of rotatable bonds is 8. The van der Waals surface area contributed by atoms with Gasteiger partial charge in [-0.2, -0.15) is 0 Å². The standard InChI is InChI=1S/C28H36N6O/c1-7-11-25(26-30-31-32-34(26)28(4,5)6)33(17-21-12-9-8-10-13-21)18-22-16-23-20(3)14-19(2)15-24(23)29-27(22)35/h8-10,12-16,25H,7,11,17-18H2,1-6H3,(H,29,35)/t25-/m0/s1. The minimum Gasteiger partial charge on any atom is -0.322 e. The Morgan fingerprint density at radius 2 is 1.80 bits per heavy atom. The van der Waals surface area contributed by atoms with Crippen LogP contribution >= 0.6 is 0 Å². The van der Waals surface area contributed by atoms with Crippen molar-refractivity contribution in [3.05, 3.63) is 87.0 Å². The second-order valence-electron chi connectivity index (χ2n) is 10.5. The number of fused-ring (bicyclic) bond motifs is 1. The van der Waals surface area contributed by atoms with Crippen LogP contribution in [0.1, 0.15) is 74.7 Å². The molecule has 4 aromatic rings. The Bertz CT molecular complexity index is 1350. The molecule has 0 radical (unpaired) electrons. The maximum atomic E-state index is 13.2. The van der Waals surface area contributed by atoms with Crippen LogP contribution in [0.25, 0.3) is 10.9 Å². The number of nitrogens with one attached hydrogen (secondary N) is 1. The summed E-state index contributed by atoms with van der Waals surface area (Å²) in [6.07, 6.45) is 1.85. The lowest BCUT2D eigenvalue weighted by atomic mass is 10.0. The highest BCUT2D eigenvalue weighted by Crippen LogP contribution is 2.30. The minimum atomic E-state index is -0.251. The summed E-state index contributed by atoms with van der Waals surface area (Å²) < 4.78 is 1.92. The molecule has 1 atom stereocenters. The molecule has 0 bridgehead atoms. The summed E-state index contributed by atoms with van der Waals surface area (Å²) in [7, 11) is 0. The van der Waals surface area contributed by atoms with E-state index in [4.69, 9.17) is 0 Å². The predicted molar refractivity (Wildman–Crippen MR) is 140 cm³/mol. The number of aryl methyl sites for hydroxylation is 2. The zero-order valence-electron chi connectivity index (χ0n) is 21.7. The Hall–Kier alpha value is -3.32. The molecule has 184 valence electrons. The summed E-state index contributed by atoms with van der Waals surface area (Å²) in [5.41, 5.74) is 4.82. The molecule has 0 amide bonds. The molecule has 0 fully saturated rings. The maximum absolute atomic E-state index is 13.2. The molecule has 2 aromatic heterocycles. The van der Waals surface area contributed by atoms with E-state index in [-0.39, 0.29) is 17.1 Å². The molecule has 1 N–H and O–H groups in total. The summed E-state index contributed by atoms with van der Waals surface area (Å²) >= 11 is 0. The van der Waals surface area contributed by atoms with E-state index in [9.17, 15) is 4.79 Å². The first-order valence-electron chi connectivity index (χ1n) is 12.4. The van der Waals surface area contributed by atoms with E-state index in [0.29, 0.717) is 13.1 Å². The zero-order chi connectivity index (χ0) is 25.2. The highest BCUT2D eigenvalue weighted by atomic mass is 16.1. The Morgan fingerprint density at radius 1 is 1.06 bits per heavy atom. The molecule has 2 aromatic carbocycles. The quantitative estimate of drug-likeness (QED) is 0.370. The number of aromatic nitrogens is 5. The third-order valence-corrected chi connectivity index (χ3v) is 6.42. The van der Waals surface area contributed by atoms with Gasteiger partial charge in [-0.15, -0.1) is 5.10 Å². The van der Waals surface area contributed by atoms with Crippen LogP contribution in [0.5, 0.6) is 0 Å². The molecule has 0 unspecified atom stereocenters. The normalized spacial score (nSPS) is 13.0. The second-order valence-corrected chi connectivity index (χ2v) is 10.5. The summed E-state index contributed by atoms with van der Waals surface area (Å²) in [5.74, 6) is 0.833. The molecule has 0 aliphatic carbocycles. The lowest BCUT2D eigenvalue weighted by molar-refractivity contribution is 0.148. The molecule has 35 heavy (non-hydrogen) atoms. The number of tetrazole rings is 1. The molecular weight excluding hydrogens is 436 g/mol. The number of benzene rings is 2. The van der Waals surface area contributed by atoms with Crippen molar-refractivity contribution in [2.45, 2.75) is 79.1 Å². The van der Waals surface area contributed by atoms with Crippen LogP contribution in [0.2, 0.25) is 0 Å². The summed E-state index contributed by atoms with van der Waals surface area (Å²) in [6.45, 7) is 13.8. The van der Waals surface area contributed by atoms with Crippen LogP contribution in [0.3, 0.4) is 0 Å². The lowest BCUT2D eigenvalue weighted by Crippen LogP contribution is -2.35. The first-order valence-corrected chi connectivity index (χ1v) is 12.4. The average molecular weight is 473 g/mol. The Balaban J connectivity index is 1.80. The van der Waals surface area contributed by atoms with Gasteiger partial charge in [-0.05, 0) is 80.3 Å². The maximum Gasteiger partial charge on any atom is 0.252 e. The van der Waals surface area contributed by atoms with Crippen molar-refractivity contribution in [2.24, 2.45) is 0 Å². The Kier molecular flexibility index (Phi) is 7.17. The highest BCUT2D eigenvalue weighted by Gasteiger charge is 2.30. The van der Waals surface area contributed by atoms with Crippen molar-refractivity contribution in [2.75, 3.05) is 0 Å². The largest absolute Gasteiger partial charge is 0.322 e. The fourth-order valence-electron chi connectivity index (χ4n) is 4.77. The van der Waals surface area contributed by atoms with E-state index in [0.717, 1.165) is 46.3 Å². The van der Waals surface area contributed by atoms with E-state index in [1.54, 1.807) is 0 Å². The molecule has 0 saturated heterocycles. The minimum absolute atomic E-state index is 0.0383. The number of pyridine rings is 1. The van der Waals surface area contributed by atoms with Gasteiger partial charge < -0.3 is 4.98 Å². The zero-order valence-corrected chi connectivity index (χ0v) is 21.7. The van der Waals surface area contributed by atoms with Crippen LogP contribution in [0.15, 0.2) is 53.3 Å². The summed E-state index contributed by atoms with van der Waals surface area (Å²) in [5, 5.41) is 13.9. The molecule has 0 saturated carbocycles. The van der Waals surface area contributed by atoms with Gasteiger partial charge in [0, 0.05) is 29.6 Å². The van der Waals surface area contributed by atoms with E-state index in [2.05, 4.69) is 103 Å². The molecule has 7 heteroatoms. The Labute approximate surface area is 207 Å². The number of hydrogen-bond donors (Lipinski definition) is 1. The topological polar surface area (TPSA) is 79.7 Å². The van der Waals surface area contributed by atoms with Gasteiger partial charge in [-0.25, -0.2) is 4.68 Å². The molecule has 7 nitrogen and oxygen atoms in total. The van der Waals surface area contributed by atoms with Crippen LogP contribution in [0.4, 0.5) is 0 Å². The van der Waals surface area contributed by atoms with Gasteiger partial charge in [0.15, 0.2) is 5.82 Å². The SMILES string of the molecule is CCC[C@@H](c1nnnn1C(C)(C)C)N(Cc1ccccc1)Cc1cc2c(C)cc(C)cc2[nH]c1=O. The van der Waals surface area contributed by atoms with Crippen molar-refractivity contribution in [1.82, 2.24) is 30.1 Å². The third kappa shape index (κ3) is 5.51. The van der Waals surface area contributed by atoms with Crippen LogP contribution < -0.4 is 5.56 Å². The molecule has 0 spiro atoms. The Morgan fingerprint density at radius 3 is 2.49 bits per heavy atom.